The zero-order valence-electron chi connectivity index (χ0n) is 12.6. The molecule has 0 radical (unpaired) electrons. The highest BCUT2D eigenvalue weighted by molar-refractivity contribution is 6.30. The Morgan fingerprint density at radius 2 is 1.50 bits per heavy atom. The average Bonchev–Trinajstić information content (AvgIpc) is 3.18. The zero-order chi connectivity index (χ0) is 16.1. The summed E-state index contributed by atoms with van der Waals surface area (Å²) >= 11 is 6.16. The van der Waals surface area contributed by atoms with Gasteiger partial charge in [-0.05, 0) is 24.3 Å². The topological polar surface area (TPSA) is 30.2 Å². The third-order valence-electron chi connectivity index (χ3n) is 4.22. The SMILES string of the molecule is Clc1cccc(-c2nc3c(-c4ccccc4)nc4cccc2n43)c1. The highest BCUT2D eigenvalue weighted by Gasteiger charge is 2.19. The monoisotopic (exact) mass is 329 g/mol. The van der Waals surface area contributed by atoms with Gasteiger partial charge in [-0.2, -0.15) is 0 Å². The summed E-state index contributed by atoms with van der Waals surface area (Å²) in [6, 6.07) is 24.1. The first kappa shape index (κ1) is 13.5. The standard InChI is InChI=1S/C20H12ClN3/c21-15-9-4-8-14(12-15)18-16-10-5-11-17-22-19(20(23-18)24(16)17)13-6-2-1-3-7-13/h1-12H. The van der Waals surface area contributed by atoms with Crippen LogP contribution in [-0.2, 0) is 0 Å². The van der Waals surface area contributed by atoms with Crippen LogP contribution in [0.1, 0.15) is 0 Å². The van der Waals surface area contributed by atoms with Gasteiger partial charge in [-0.1, -0.05) is 60.1 Å². The maximum Gasteiger partial charge on any atom is 0.166 e. The summed E-state index contributed by atoms with van der Waals surface area (Å²) in [5, 5.41) is 0.709. The Labute approximate surface area is 143 Å². The van der Waals surface area contributed by atoms with Crippen molar-refractivity contribution in [2.75, 3.05) is 0 Å². The molecule has 0 amide bonds. The number of benzene rings is 2. The maximum absolute atomic E-state index is 6.16. The van der Waals surface area contributed by atoms with Crippen LogP contribution in [0.5, 0.6) is 0 Å². The van der Waals surface area contributed by atoms with Crippen molar-refractivity contribution in [3.63, 3.8) is 0 Å². The molecule has 0 spiro atoms. The molecule has 0 aliphatic heterocycles. The van der Waals surface area contributed by atoms with Crippen LogP contribution in [0.2, 0.25) is 5.02 Å². The van der Waals surface area contributed by atoms with Crippen molar-refractivity contribution in [2.24, 2.45) is 0 Å². The minimum absolute atomic E-state index is 0.709. The van der Waals surface area contributed by atoms with Crippen LogP contribution in [0.25, 0.3) is 39.3 Å². The lowest BCUT2D eigenvalue weighted by Crippen LogP contribution is -1.84. The molecule has 114 valence electrons. The Bertz CT molecular complexity index is 1160. The minimum Gasteiger partial charge on any atom is -0.275 e. The van der Waals surface area contributed by atoms with Gasteiger partial charge in [0, 0.05) is 16.1 Å². The van der Waals surface area contributed by atoms with Gasteiger partial charge in [0.05, 0.1) is 11.2 Å². The molecule has 5 rings (SSSR count). The summed E-state index contributed by atoms with van der Waals surface area (Å²) in [6.45, 7) is 0. The second-order valence-corrected chi connectivity index (χ2v) is 6.16. The predicted molar refractivity (Wildman–Crippen MR) is 97.6 cm³/mol. The van der Waals surface area contributed by atoms with Crippen molar-refractivity contribution in [3.8, 4) is 22.5 Å². The maximum atomic E-state index is 6.16. The van der Waals surface area contributed by atoms with E-state index in [1.807, 2.05) is 54.6 Å². The molecule has 3 heterocycles. The number of hydrogen-bond donors (Lipinski definition) is 0. The molecule has 24 heavy (non-hydrogen) atoms. The van der Waals surface area contributed by atoms with Gasteiger partial charge in [0.1, 0.15) is 11.3 Å². The first-order valence-corrected chi connectivity index (χ1v) is 8.11. The molecule has 0 bridgehead atoms. The van der Waals surface area contributed by atoms with Gasteiger partial charge < -0.3 is 0 Å². The zero-order valence-corrected chi connectivity index (χ0v) is 13.4. The number of imidazole rings is 2. The molecule has 3 nitrogen and oxygen atoms in total. The highest BCUT2D eigenvalue weighted by atomic mass is 35.5. The average molecular weight is 330 g/mol. The molecule has 3 aromatic heterocycles. The van der Waals surface area contributed by atoms with E-state index in [2.05, 4.69) is 22.6 Å². The quantitative estimate of drug-likeness (QED) is 0.439. The van der Waals surface area contributed by atoms with Gasteiger partial charge in [-0.25, -0.2) is 9.97 Å². The van der Waals surface area contributed by atoms with Crippen molar-refractivity contribution >= 4 is 28.4 Å². The van der Waals surface area contributed by atoms with Crippen LogP contribution in [0.15, 0.2) is 72.8 Å². The second-order valence-electron chi connectivity index (χ2n) is 5.73. The van der Waals surface area contributed by atoms with E-state index >= 15 is 0 Å². The fourth-order valence-electron chi connectivity index (χ4n) is 3.17. The number of aromatic nitrogens is 3. The Balaban J connectivity index is 1.86. The van der Waals surface area contributed by atoms with Crippen molar-refractivity contribution in [1.82, 2.24) is 14.4 Å². The van der Waals surface area contributed by atoms with E-state index in [-0.39, 0.29) is 0 Å². The fourth-order valence-corrected chi connectivity index (χ4v) is 3.36. The van der Waals surface area contributed by atoms with E-state index in [4.69, 9.17) is 21.6 Å². The Morgan fingerprint density at radius 3 is 2.33 bits per heavy atom. The molecular weight excluding hydrogens is 318 g/mol. The molecule has 0 saturated carbocycles. The van der Waals surface area contributed by atoms with Gasteiger partial charge in [0.25, 0.3) is 0 Å². The van der Waals surface area contributed by atoms with E-state index in [1.165, 1.54) is 0 Å². The number of hydrogen-bond acceptors (Lipinski definition) is 2. The van der Waals surface area contributed by atoms with Crippen LogP contribution in [-0.4, -0.2) is 14.4 Å². The molecule has 2 aromatic carbocycles. The highest BCUT2D eigenvalue weighted by Crippen LogP contribution is 2.33. The molecule has 0 N–H and O–H groups in total. The van der Waals surface area contributed by atoms with Gasteiger partial charge >= 0.3 is 0 Å². The van der Waals surface area contributed by atoms with Crippen LogP contribution in [0.4, 0.5) is 0 Å². The molecule has 0 atom stereocenters. The molecule has 5 aromatic rings. The summed E-state index contributed by atoms with van der Waals surface area (Å²) in [5.41, 5.74) is 6.73. The normalized spacial score (nSPS) is 11.5. The van der Waals surface area contributed by atoms with Crippen LogP contribution >= 0.6 is 11.6 Å². The Hall–Kier alpha value is -2.91. The summed E-state index contributed by atoms with van der Waals surface area (Å²) in [7, 11) is 0. The molecule has 4 heteroatoms. The summed E-state index contributed by atoms with van der Waals surface area (Å²) < 4.78 is 2.11. The van der Waals surface area contributed by atoms with Crippen molar-refractivity contribution < 1.29 is 0 Å². The van der Waals surface area contributed by atoms with Crippen LogP contribution in [0.3, 0.4) is 0 Å². The molecule has 0 fully saturated rings. The number of halogens is 1. The van der Waals surface area contributed by atoms with E-state index in [0.717, 1.165) is 39.3 Å². The van der Waals surface area contributed by atoms with Gasteiger partial charge in [0.15, 0.2) is 5.65 Å². The first-order chi connectivity index (χ1) is 11.8. The lowest BCUT2D eigenvalue weighted by molar-refractivity contribution is 1.29. The third-order valence-corrected chi connectivity index (χ3v) is 4.46. The van der Waals surface area contributed by atoms with E-state index in [9.17, 15) is 0 Å². The second kappa shape index (κ2) is 5.05. The molecule has 0 saturated heterocycles. The van der Waals surface area contributed by atoms with Crippen molar-refractivity contribution in [3.05, 3.63) is 77.8 Å². The Kier molecular flexibility index (Phi) is 2.84. The van der Waals surface area contributed by atoms with Crippen LogP contribution < -0.4 is 0 Å². The Morgan fingerprint density at radius 1 is 0.708 bits per heavy atom. The number of rotatable bonds is 2. The number of pyridine rings is 1. The number of nitrogens with zero attached hydrogens (tertiary/aromatic N) is 3. The van der Waals surface area contributed by atoms with Gasteiger partial charge in [-0.15, -0.1) is 0 Å². The lowest BCUT2D eigenvalue weighted by Gasteiger charge is -2.00. The van der Waals surface area contributed by atoms with E-state index < -0.39 is 0 Å². The van der Waals surface area contributed by atoms with E-state index in [1.54, 1.807) is 0 Å². The minimum atomic E-state index is 0.709. The van der Waals surface area contributed by atoms with Gasteiger partial charge in [-0.3, -0.25) is 4.40 Å². The van der Waals surface area contributed by atoms with E-state index in [0.29, 0.717) is 5.02 Å². The smallest absolute Gasteiger partial charge is 0.166 e. The van der Waals surface area contributed by atoms with Crippen molar-refractivity contribution in [1.29, 1.82) is 0 Å². The molecule has 0 aliphatic rings. The largest absolute Gasteiger partial charge is 0.275 e. The third kappa shape index (κ3) is 1.92. The van der Waals surface area contributed by atoms with Crippen molar-refractivity contribution in [2.45, 2.75) is 0 Å². The molecule has 0 aliphatic carbocycles. The summed E-state index contributed by atoms with van der Waals surface area (Å²) in [4.78, 5) is 9.67. The summed E-state index contributed by atoms with van der Waals surface area (Å²) in [5.74, 6) is 0. The molecular formula is C20H12ClN3. The first-order valence-electron chi connectivity index (χ1n) is 7.73. The van der Waals surface area contributed by atoms with Crippen LogP contribution in [0, 0.1) is 0 Å². The fraction of sp³-hybridized carbons (Fsp3) is 0. The predicted octanol–water partition coefficient (Wildman–Crippen LogP) is 5.31. The van der Waals surface area contributed by atoms with Gasteiger partial charge in [0.2, 0.25) is 0 Å². The summed E-state index contributed by atoms with van der Waals surface area (Å²) in [6.07, 6.45) is 0. The lowest BCUT2D eigenvalue weighted by atomic mass is 10.1. The molecule has 0 unspecified atom stereocenters.